The number of ketones is 2. The normalized spacial score (nSPS) is 18.5. The summed E-state index contributed by atoms with van der Waals surface area (Å²) in [4.78, 5) is 26.2. The van der Waals surface area contributed by atoms with Crippen LogP contribution in [-0.4, -0.2) is 27.1 Å². The number of allylic oxidation sites excluding steroid dienone is 4. The van der Waals surface area contributed by atoms with Crippen LogP contribution in [0.3, 0.4) is 0 Å². The summed E-state index contributed by atoms with van der Waals surface area (Å²) in [6, 6.07) is 9.81. The van der Waals surface area contributed by atoms with Gasteiger partial charge in [0.1, 0.15) is 16.4 Å². The summed E-state index contributed by atoms with van der Waals surface area (Å²) < 4.78 is 43.6. The topological polar surface area (TPSA) is 96.0 Å². The number of hydrogen-bond donors (Lipinski definition) is 0. The van der Waals surface area contributed by atoms with Crippen LogP contribution in [0.1, 0.15) is 55.6 Å². The molecule has 0 atom stereocenters. The summed E-state index contributed by atoms with van der Waals surface area (Å²) in [5.41, 5.74) is 2.65. The van der Waals surface area contributed by atoms with Gasteiger partial charge in [0, 0.05) is 42.7 Å². The Morgan fingerprint density at radius 2 is 1.50 bits per heavy atom. The molecule has 0 saturated heterocycles. The van der Waals surface area contributed by atoms with Crippen molar-refractivity contribution in [3.8, 4) is 11.5 Å². The molecule has 0 amide bonds. The Balaban J connectivity index is 1.61. The van der Waals surface area contributed by atoms with E-state index in [9.17, 15) is 18.0 Å². The smallest absolute Gasteiger partial charge is 0.339 e. The highest BCUT2D eigenvalue weighted by molar-refractivity contribution is 14.1. The lowest BCUT2D eigenvalue weighted by molar-refractivity contribution is -0.117. The zero-order valence-corrected chi connectivity index (χ0v) is 22.9. The van der Waals surface area contributed by atoms with Gasteiger partial charge in [-0.25, -0.2) is 0 Å². The molecule has 0 unspecified atom stereocenters. The number of ether oxygens (including phenoxy) is 2. The number of methoxy groups -OCH3 is 1. The Bertz CT molecular complexity index is 1390. The van der Waals surface area contributed by atoms with Gasteiger partial charge in [-0.1, -0.05) is 17.7 Å². The van der Waals surface area contributed by atoms with Gasteiger partial charge in [-0.3, -0.25) is 9.59 Å². The third-order valence-corrected chi connectivity index (χ3v) is 8.77. The van der Waals surface area contributed by atoms with E-state index in [-0.39, 0.29) is 28.0 Å². The number of hydrogen-bond acceptors (Lipinski definition) is 7. The quantitative estimate of drug-likeness (QED) is 0.322. The van der Waals surface area contributed by atoms with E-state index in [0.29, 0.717) is 70.3 Å². The second-order valence-electron chi connectivity index (χ2n) is 9.15. The maximum absolute atomic E-state index is 13.1. The summed E-state index contributed by atoms with van der Waals surface area (Å²) in [7, 11) is -2.68. The molecule has 1 aliphatic heterocycles. The number of carbonyl (C=O) groups excluding carboxylic acids is 2. The average Bonchev–Trinajstić information content (AvgIpc) is 2.84. The van der Waals surface area contributed by atoms with Gasteiger partial charge in [0.25, 0.3) is 0 Å². The molecule has 36 heavy (non-hydrogen) atoms. The van der Waals surface area contributed by atoms with Gasteiger partial charge in [-0.2, -0.15) is 8.42 Å². The number of rotatable bonds is 5. The van der Waals surface area contributed by atoms with Gasteiger partial charge in [0.15, 0.2) is 23.1 Å². The van der Waals surface area contributed by atoms with Crippen LogP contribution in [-0.2, 0) is 24.4 Å². The highest BCUT2D eigenvalue weighted by atomic mass is 127. The number of carbonyl (C=O) groups is 2. The van der Waals surface area contributed by atoms with E-state index in [1.54, 1.807) is 24.3 Å². The number of Topliss-reactive ketones (excluding diaryl/α,β-unsaturated/α-hetero) is 2. The predicted octanol–water partition coefficient (Wildman–Crippen LogP) is 5.50. The van der Waals surface area contributed by atoms with Crippen molar-refractivity contribution < 1.29 is 31.7 Å². The molecule has 7 nitrogen and oxygen atoms in total. The standard InChI is InChI=1S/C27H25IO7S/c1-15-9-11-17(12-10-15)36(31,32)35-27-18(28)13-16(14-23(27)33-2)24-25-19(29)5-3-7-21(25)34-22-8-4-6-20(30)26(22)24/h9-14,24H,3-8H2,1-2H3. The van der Waals surface area contributed by atoms with Crippen LogP contribution in [0.4, 0.5) is 0 Å². The lowest BCUT2D eigenvalue weighted by atomic mass is 9.73. The van der Waals surface area contributed by atoms with Gasteiger partial charge in [-0.05, 0) is 72.2 Å². The van der Waals surface area contributed by atoms with Crippen LogP contribution in [0.25, 0.3) is 0 Å². The molecule has 0 spiro atoms. The molecule has 0 saturated carbocycles. The van der Waals surface area contributed by atoms with Gasteiger partial charge >= 0.3 is 10.1 Å². The summed E-state index contributed by atoms with van der Waals surface area (Å²) in [5.74, 6) is 0.916. The summed E-state index contributed by atoms with van der Waals surface area (Å²) in [5, 5.41) is 0. The Morgan fingerprint density at radius 1 is 0.917 bits per heavy atom. The van der Waals surface area contributed by atoms with E-state index in [1.807, 2.05) is 29.5 Å². The fourth-order valence-corrected chi connectivity index (χ4v) is 6.84. The fourth-order valence-electron chi connectivity index (χ4n) is 5.00. The second kappa shape index (κ2) is 9.66. The molecule has 2 aromatic carbocycles. The lowest BCUT2D eigenvalue weighted by Crippen LogP contribution is -2.30. The highest BCUT2D eigenvalue weighted by Gasteiger charge is 2.42. The number of aryl methyl sites for hydroxylation is 1. The SMILES string of the molecule is COc1cc(C2C3=C(CCCC3=O)OC3=C2C(=O)CCC3)cc(I)c1OS(=O)(=O)c1ccc(C)cc1. The first kappa shape index (κ1) is 25.0. The van der Waals surface area contributed by atoms with Crippen molar-refractivity contribution in [2.24, 2.45) is 0 Å². The third kappa shape index (κ3) is 4.47. The van der Waals surface area contributed by atoms with E-state index in [2.05, 4.69) is 0 Å². The molecule has 0 radical (unpaired) electrons. The van der Waals surface area contributed by atoms with Gasteiger partial charge in [0.05, 0.1) is 10.7 Å². The molecule has 1 heterocycles. The lowest BCUT2D eigenvalue weighted by Gasteiger charge is -2.36. The molecule has 0 N–H and O–H groups in total. The molecule has 2 aromatic rings. The van der Waals surface area contributed by atoms with Gasteiger partial charge in [-0.15, -0.1) is 0 Å². The van der Waals surface area contributed by atoms with E-state index in [4.69, 9.17) is 13.7 Å². The van der Waals surface area contributed by atoms with E-state index in [0.717, 1.165) is 5.56 Å². The number of benzene rings is 2. The van der Waals surface area contributed by atoms with Crippen LogP contribution in [0.5, 0.6) is 11.5 Å². The monoisotopic (exact) mass is 620 g/mol. The first-order chi connectivity index (χ1) is 17.2. The minimum atomic E-state index is -4.11. The van der Waals surface area contributed by atoms with Crippen molar-refractivity contribution >= 4 is 44.3 Å². The predicted molar refractivity (Wildman–Crippen MR) is 140 cm³/mol. The zero-order chi connectivity index (χ0) is 25.6. The zero-order valence-electron chi connectivity index (χ0n) is 19.9. The Kier molecular flexibility index (Phi) is 6.71. The average molecular weight is 620 g/mol. The Hall–Kier alpha value is -2.66. The van der Waals surface area contributed by atoms with Crippen molar-refractivity contribution in [3.63, 3.8) is 0 Å². The summed E-state index contributed by atoms with van der Waals surface area (Å²) in [6.45, 7) is 1.87. The first-order valence-electron chi connectivity index (χ1n) is 11.8. The van der Waals surface area contributed by atoms with Crippen molar-refractivity contribution in [1.82, 2.24) is 0 Å². The third-order valence-electron chi connectivity index (χ3n) is 6.73. The minimum Gasteiger partial charge on any atom is -0.493 e. The van der Waals surface area contributed by atoms with E-state index < -0.39 is 16.0 Å². The van der Waals surface area contributed by atoms with Gasteiger partial charge < -0.3 is 13.7 Å². The van der Waals surface area contributed by atoms with E-state index >= 15 is 0 Å². The molecule has 0 aromatic heterocycles. The Labute approximate surface area is 223 Å². The molecule has 2 aliphatic carbocycles. The van der Waals surface area contributed by atoms with Crippen LogP contribution < -0.4 is 8.92 Å². The van der Waals surface area contributed by atoms with Crippen molar-refractivity contribution in [3.05, 3.63) is 73.8 Å². The van der Waals surface area contributed by atoms with Crippen LogP contribution in [0, 0.1) is 10.5 Å². The maximum Gasteiger partial charge on any atom is 0.339 e. The molecule has 0 bridgehead atoms. The number of halogens is 1. The fraction of sp³-hybridized carbons (Fsp3) is 0.333. The molecule has 9 heteroatoms. The van der Waals surface area contributed by atoms with Crippen molar-refractivity contribution in [2.75, 3.05) is 7.11 Å². The largest absolute Gasteiger partial charge is 0.493 e. The van der Waals surface area contributed by atoms with Crippen LogP contribution in [0.2, 0.25) is 0 Å². The van der Waals surface area contributed by atoms with E-state index in [1.165, 1.54) is 19.2 Å². The molecule has 188 valence electrons. The summed E-state index contributed by atoms with van der Waals surface area (Å²) >= 11 is 2.00. The van der Waals surface area contributed by atoms with Crippen LogP contribution in [0.15, 0.2) is 64.0 Å². The molecule has 5 rings (SSSR count). The molecular weight excluding hydrogens is 595 g/mol. The van der Waals surface area contributed by atoms with Crippen LogP contribution >= 0.6 is 22.6 Å². The summed E-state index contributed by atoms with van der Waals surface area (Å²) in [6.07, 6.45) is 3.52. The maximum atomic E-state index is 13.1. The van der Waals surface area contributed by atoms with Crippen molar-refractivity contribution in [1.29, 1.82) is 0 Å². The second-order valence-corrected chi connectivity index (χ2v) is 11.9. The highest BCUT2D eigenvalue weighted by Crippen LogP contribution is 2.49. The molecular formula is C27H25IO7S. The first-order valence-corrected chi connectivity index (χ1v) is 14.3. The Morgan fingerprint density at radius 3 is 2.06 bits per heavy atom. The molecule has 0 fully saturated rings. The van der Waals surface area contributed by atoms with Crippen molar-refractivity contribution in [2.45, 2.75) is 56.3 Å². The minimum absolute atomic E-state index is 0.0255. The molecule has 3 aliphatic rings. The van der Waals surface area contributed by atoms with Gasteiger partial charge in [0.2, 0.25) is 0 Å².